The number of carbonyl (C=O) groups is 1. The predicted octanol–water partition coefficient (Wildman–Crippen LogP) is -9.10. The fraction of sp³-hybridized carbons (Fsp3) is 0.957. The summed E-state index contributed by atoms with van der Waals surface area (Å²) < 4.78 is 81.2. The van der Waals surface area contributed by atoms with E-state index in [9.17, 15) is 122 Å². The van der Waals surface area contributed by atoms with Crippen molar-refractivity contribution in [1.82, 2.24) is 0 Å². The van der Waals surface area contributed by atoms with Gasteiger partial charge in [0.05, 0.1) is 58.3 Å². The first-order valence-corrected chi connectivity index (χ1v) is 37.8. The highest BCUT2D eigenvalue weighted by molar-refractivity contribution is 5.72. The molecule has 0 unspecified atom stereocenters. The van der Waals surface area contributed by atoms with E-state index in [2.05, 4.69) is 26.8 Å². The van der Waals surface area contributed by atoms with Crippen LogP contribution < -0.4 is 0 Å². The molecule has 7 heterocycles. The van der Waals surface area contributed by atoms with Gasteiger partial charge in [0, 0.05) is 0 Å². The number of aliphatic hydroxyl groups excluding tert-OH is 23. The van der Waals surface area contributed by atoms with Crippen LogP contribution in [0.25, 0.3) is 0 Å². The van der Waals surface area contributed by atoms with Gasteiger partial charge >= 0.3 is 5.97 Å². The van der Waals surface area contributed by atoms with Crippen LogP contribution in [0, 0.1) is 52.3 Å². The van der Waals surface area contributed by atoms with Crippen LogP contribution in [0.5, 0.6) is 0 Å². The Labute approximate surface area is 622 Å². The van der Waals surface area contributed by atoms with E-state index in [1.807, 2.05) is 6.92 Å². The normalized spacial score (nSPS) is 51.6. The van der Waals surface area contributed by atoms with Crippen molar-refractivity contribution >= 4 is 5.97 Å². The molecule has 4 aliphatic carbocycles. The van der Waals surface area contributed by atoms with Crippen LogP contribution >= 0.6 is 0 Å². The molecule has 11 aliphatic rings. The molecule has 7 saturated heterocycles. The van der Waals surface area contributed by atoms with Crippen molar-refractivity contribution in [1.29, 1.82) is 0 Å². The maximum absolute atomic E-state index is 14.6. The molecule has 108 heavy (non-hydrogen) atoms. The smallest absolute Gasteiger partial charge is 0.311 e. The summed E-state index contributed by atoms with van der Waals surface area (Å²) in [7, 11) is 0. The minimum absolute atomic E-state index is 0.0234. The number of hydrogen-bond donors (Lipinski definition) is 23. The third-order valence-electron chi connectivity index (χ3n) is 25.9. The van der Waals surface area contributed by atoms with Crippen molar-refractivity contribution in [3.8, 4) is 0 Å². The predicted molar refractivity (Wildman–Crippen MR) is 354 cm³/mol. The second kappa shape index (κ2) is 36.1. The average Bonchev–Trinajstić information content (AvgIpc) is 1.42. The van der Waals surface area contributed by atoms with Crippen LogP contribution in [-0.2, 0) is 71.1 Å². The Bertz CT molecular complexity index is 2880. The molecule has 0 aromatic heterocycles. The summed E-state index contributed by atoms with van der Waals surface area (Å²) in [5.41, 5.74) is 1.25. The van der Waals surface area contributed by atoms with Gasteiger partial charge in [0.25, 0.3) is 0 Å². The van der Waals surface area contributed by atoms with Gasteiger partial charge in [0.1, 0.15) is 165 Å². The Morgan fingerprint density at radius 3 is 1.27 bits per heavy atom. The summed E-state index contributed by atoms with van der Waals surface area (Å²) >= 11 is 0. The van der Waals surface area contributed by atoms with E-state index in [1.54, 1.807) is 6.92 Å². The summed E-state index contributed by atoms with van der Waals surface area (Å²) in [6, 6.07) is 0. The van der Waals surface area contributed by atoms with Crippen molar-refractivity contribution in [3.05, 3.63) is 11.6 Å². The van der Waals surface area contributed by atoms with E-state index in [0.717, 1.165) is 44.9 Å². The SMILES string of the molecule is C[C@H](CC[C@@H](C)[C@@H]1CC[C@H]2[C@@H]3CC=C4C[C@@H](O[C@H]5O[C@@H](CO)[C@H](O)[C@@H](O)[C@@H]5O)CC[C@]4(C)[C@@H]3CC[C@]21C)[C@@H](C)C(=O)O[C@H]1O[C@@H](CO[C@H]2O[C@@H](CO)[C@H](O[C@H]3O[C@@H](CO)[C@H](O)[C@@H](O)[C@@H]3O)[C@@H](O)[C@@H]2O)[C@H](O)[C@@H](O)[C@@H]1O[C@H]1O[C@@H](CO)[C@H](O[C@H]2O[C@@H](CO)[C@H](O[C@H]3O[C@@H](CO)[C@H](O)[C@@H](O)[C@@H]3O)[C@@H](O)[C@@H]2O)[C@@H](O)[C@@H]1O. The number of fused-ring (bicyclic) bond motifs is 5. The molecule has 10 fully saturated rings. The fourth-order valence-corrected chi connectivity index (χ4v) is 19.0. The second-order valence-electron chi connectivity index (χ2n) is 32.2. The van der Waals surface area contributed by atoms with E-state index in [0.29, 0.717) is 42.9 Å². The van der Waals surface area contributed by atoms with Crippen LogP contribution in [0.4, 0.5) is 0 Å². The van der Waals surface area contributed by atoms with Crippen molar-refractivity contribution < 1.29 is 189 Å². The first kappa shape index (κ1) is 86.6. The molecule has 0 radical (unpaired) electrons. The monoisotopic (exact) mass is 1560 g/mol. The minimum Gasteiger partial charge on any atom is -0.432 e. The Hall–Kier alpha value is -2.23. The lowest BCUT2D eigenvalue weighted by Crippen LogP contribution is -2.67. The summed E-state index contributed by atoms with van der Waals surface area (Å²) in [6.45, 7) is 4.39. The lowest BCUT2D eigenvalue weighted by Gasteiger charge is -2.58. The van der Waals surface area contributed by atoms with Gasteiger partial charge in [-0.3, -0.25) is 4.79 Å². The summed E-state index contributed by atoms with van der Waals surface area (Å²) in [6.07, 6.45) is -53.8. The van der Waals surface area contributed by atoms with E-state index >= 15 is 0 Å². The lowest BCUT2D eigenvalue weighted by molar-refractivity contribution is -0.391. The molecule has 0 amide bonds. The fourth-order valence-electron chi connectivity index (χ4n) is 19.0. The zero-order valence-corrected chi connectivity index (χ0v) is 60.8. The first-order valence-electron chi connectivity index (χ1n) is 37.8. The molecule has 23 N–H and O–H groups in total. The molecule has 3 saturated carbocycles. The zero-order chi connectivity index (χ0) is 78.6. The van der Waals surface area contributed by atoms with Gasteiger partial charge in [-0.05, 0) is 104 Å². The number of allylic oxidation sites excluding steroid dienone is 1. The quantitative estimate of drug-likeness (QED) is 0.0282. The Morgan fingerprint density at radius 1 is 0.417 bits per heavy atom. The lowest BCUT2D eigenvalue weighted by atomic mass is 9.47. The molecular formula is C70H116O38. The summed E-state index contributed by atoms with van der Waals surface area (Å²) in [5.74, 6) is -0.273. The molecule has 11 rings (SSSR count). The highest BCUT2D eigenvalue weighted by atomic mass is 16.8. The molecule has 0 aromatic carbocycles. The third-order valence-corrected chi connectivity index (χ3v) is 25.9. The molecule has 38 nitrogen and oxygen atoms in total. The number of carbonyl (C=O) groups excluding carboxylic acids is 1. The van der Waals surface area contributed by atoms with Crippen LogP contribution in [0.15, 0.2) is 11.6 Å². The second-order valence-corrected chi connectivity index (χ2v) is 32.2. The molecular weight excluding hydrogens is 1450 g/mol. The topological polar surface area (TPSA) is 612 Å². The largest absolute Gasteiger partial charge is 0.432 e. The van der Waals surface area contributed by atoms with Gasteiger partial charge in [-0.2, -0.15) is 0 Å². The van der Waals surface area contributed by atoms with Crippen LogP contribution in [0.2, 0.25) is 0 Å². The Balaban J connectivity index is 0.745. The summed E-state index contributed by atoms with van der Waals surface area (Å²) in [4.78, 5) is 14.6. The maximum Gasteiger partial charge on any atom is 0.311 e. The van der Waals surface area contributed by atoms with Crippen molar-refractivity contribution in [2.24, 2.45) is 52.3 Å². The van der Waals surface area contributed by atoms with E-state index in [4.69, 9.17) is 66.3 Å². The average molecular weight is 1570 g/mol. The minimum atomic E-state index is -2.27. The summed E-state index contributed by atoms with van der Waals surface area (Å²) in [5, 5.41) is 247. The highest BCUT2D eigenvalue weighted by Gasteiger charge is 2.62. The van der Waals surface area contributed by atoms with Gasteiger partial charge in [-0.1, -0.05) is 52.7 Å². The Morgan fingerprint density at radius 2 is 0.806 bits per heavy atom. The van der Waals surface area contributed by atoms with Gasteiger partial charge in [0.15, 0.2) is 43.8 Å². The van der Waals surface area contributed by atoms with Crippen molar-refractivity contribution in [3.63, 3.8) is 0 Å². The zero-order valence-electron chi connectivity index (χ0n) is 60.8. The van der Waals surface area contributed by atoms with Crippen molar-refractivity contribution in [2.75, 3.05) is 46.2 Å². The molecule has 0 aromatic rings. The molecule has 624 valence electrons. The van der Waals surface area contributed by atoms with Crippen LogP contribution in [0.3, 0.4) is 0 Å². The third kappa shape index (κ3) is 17.0. The molecule has 7 aliphatic heterocycles. The number of rotatable bonds is 26. The van der Waals surface area contributed by atoms with Gasteiger partial charge in [-0.15, -0.1) is 0 Å². The van der Waals surface area contributed by atoms with E-state index in [-0.39, 0.29) is 28.8 Å². The number of aliphatic hydroxyl groups is 23. The standard InChI is InChI=1S/C70H116O38/c1-24(6-7-25(2)30-10-11-31-29-9-8-27-16-28(12-14-69(27,4)32(29)13-15-70(30,31)5)96-63-51(88)44(81)40(77)33(17-71)97-63)26(3)61(94)108-68-60(47(84)43(80)39(103-68)23-95-62-54(91)48(85)57(36(20-74)100-62)104-64-52(89)45(82)41(78)34(18-72)98-64)107-67-56(93)50(87)59(38(22-76)102-67)106-66-55(92)49(86)58(37(21-75)101-66)105-65-53(90)46(83)42(79)35(19-73)99-65/h8,24-26,28-60,62-68,71-93H,6-7,9-23H2,1-5H3/t24-,25-,26-,28+,29+,30+,31+,32-,33+,34+,35+,36+,37+,38+,39+,40+,41+,42+,43+,44-,45-,46-,47-,48+,49+,50+,51+,52+,53+,54+,55+,56+,57+,58+,59+,60+,62+,63+,64-,65-,66-,67-,68-,69+,70+/m1/s1. The number of hydrogen-bond acceptors (Lipinski definition) is 38. The van der Waals surface area contributed by atoms with Gasteiger partial charge in [0.2, 0.25) is 6.29 Å². The number of ether oxygens (including phenoxy) is 14. The molecule has 38 heteroatoms. The first-order chi connectivity index (χ1) is 51.2. The number of esters is 1. The van der Waals surface area contributed by atoms with Crippen LogP contribution in [-0.4, -0.2) is 391 Å². The van der Waals surface area contributed by atoms with Crippen molar-refractivity contribution in [2.45, 2.75) is 320 Å². The van der Waals surface area contributed by atoms with E-state index < -0.39 is 273 Å². The Kier molecular flexibility index (Phi) is 29.0. The maximum atomic E-state index is 14.6. The van der Waals surface area contributed by atoms with Crippen LogP contribution in [0.1, 0.15) is 98.8 Å². The molecule has 0 bridgehead atoms. The molecule has 45 atom stereocenters. The highest BCUT2D eigenvalue weighted by Crippen LogP contribution is 2.68. The van der Waals surface area contributed by atoms with E-state index in [1.165, 1.54) is 5.57 Å². The van der Waals surface area contributed by atoms with Gasteiger partial charge < -0.3 is 184 Å². The van der Waals surface area contributed by atoms with Gasteiger partial charge in [-0.25, -0.2) is 0 Å². The molecule has 0 spiro atoms.